The summed E-state index contributed by atoms with van der Waals surface area (Å²) < 4.78 is 38.3. The Kier molecular flexibility index (Phi) is 7.17. The van der Waals surface area contributed by atoms with Crippen molar-refractivity contribution in [1.29, 1.82) is 0 Å². The number of sulfonamides is 1. The van der Waals surface area contributed by atoms with E-state index in [0.29, 0.717) is 6.42 Å². The third-order valence-electron chi connectivity index (χ3n) is 5.40. The van der Waals surface area contributed by atoms with E-state index >= 15 is 0 Å². The first-order chi connectivity index (χ1) is 14.4. The number of benzene rings is 1. The van der Waals surface area contributed by atoms with Gasteiger partial charge in [-0.1, -0.05) is 25.1 Å². The lowest BCUT2D eigenvalue weighted by atomic mass is 10.2. The minimum Gasteiger partial charge on any atom is -0.463 e. The molecule has 30 heavy (non-hydrogen) atoms. The highest BCUT2D eigenvalue weighted by Gasteiger charge is 2.27. The van der Waals surface area contributed by atoms with Crippen molar-refractivity contribution in [2.75, 3.05) is 44.7 Å². The normalized spacial score (nSPS) is 16.4. The SMILES string of the molecule is CCc1oc(C(=O)OC)cc1S(=O)(=O)NC[C@@H](C)N1CCN(c2ccccc2)CC1. The number of aryl methyl sites for hydroxylation is 1. The average Bonchev–Trinajstić information content (AvgIpc) is 3.23. The fraction of sp³-hybridized carbons (Fsp3) is 0.476. The van der Waals surface area contributed by atoms with Crippen molar-refractivity contribution in [2.45, 2.75) is 31.2 Å². The van der Waals surface area contributed by atoms with Crippen LogP contribution in [0, 0.1) is 0 Å². The second kappa shape index (κ2) is 9.63. The number of para-hydroxylation sites is 1. The number of nitrogens with zero attached hydrogens (tertiary/aromatic N) is 2. The molecule has 0 spiro atoms. The molecule has 164 valence electrons. The van der Waals surface area contributed by atoms with E-state index in [1.54, 1.807) is 6.92 Å². The Morgan fingerprint density at radius 3 is 2.47 bits per heavy atom. The number of rotatable bonds is 8. The fourth-order valence-electron chi connectivity index (χ4n) is 3.58. The maximum Gasteiger partial charge on any atom is 0.373 e. The van der Waals surface area contributed by atoms with E-state index in [-0.39, 0.29) is 29.0 Å². The average molecular weight is 436 g/mol. The summed E-state index contributed by atoms with van der Waals surface area (Å²) in [6.45, 7) is 7.56. The van der Waals surface area contributed by atoms with Crippen LogP contribution < -0.4 is 9.62 Å². The number of anilines is 1. The molecule has 1 aliphatic rings. The van der Waals surface area contributed by atoms with Crippen molar-refractivity contribution in [2.24, 2.45) is 0 Å². The maximum absolute atomic E-state index is 12.8. The summed E-state index contributed by atoms with van der Waals surface area (Å²) in [4.78, 5) is 16.3. The van der Waals surface area contributed by atoms with E-state index in [4.69, 9.17) is 4.42 Å². The van der Waals surface area contributed by atoms with Crippen LogP contribution in [-0.4, -0.2) is 65.2 Å². The molecule has 2 heterocycles. The molecule has 1 atom stereocenters. The minimum atomic E-state index is -3.80. The smallest absolute Gasteiger partial charge is 0.373 e. The highest BCUT2D eigenvalue weighted by atomic mass is 32.2. The van der Waals surface area contributed by atoms with Crippen LogP contribution in [0.1, 0.15) is 30.2 Å². The minimum absolute atomic E-state index is 0.00787. The number of carbonyl (C=O) groups excluding carboxylic acids is 1. The van der Waals surface area contributed by atoms with Crippen molar-refractivity contribution >= 4 is 21.7 Å². The van der Waals surface area contributed by atoms with Gasteiger partial charge >= 0.3 is 5.97 Å². The van der Waals surface area contributed by atoms with Gasteiger partial charge in [0.1, 0.15) is 10.7 Å². The summed E-state index contributed by atoms with van der Waals surface area (Å²) >= 11 is 0. The zero-order chi connectivity index (χ0) is 21.7. The van der Waals surface area contributed by atoms with Crippen molar-refractivity contribution in [3.63, 3.8) is 0 Å². The number of furan rings is 1. The topological polar surface area (TPSA) is 92.1 Å². The molecule has 1 N–H and O–H groups in total. The number of ether oxygens (including phenoxy) is 1. The molecule has 0 amide bonds. The summed E-state index contributed by atoms with van der Waals surface area (Å²) in [6, 6.07) is 11.5. The van der Waals surface area contributed by atoms with E-state index in [1.165, 1.54) is 18.9 Å². The molecule has 0 saturated carbocycles. The van der Waals surface area contributed by atoms with Crippen LogP contribution in [-0.2, 0) is 21.2 Å². The van der Waals surface area contributed by atoms with E-state index in [1.807, 2.05) is 25.1 Å². The molecule has 1 aliphatic heterocycles. The third-order valence-corrected chi connectivity index (χ3v) is 6.87. The highest BCUT2D eigenvalue weighted by molar-refractivity contribution is 7.89. The summed E-state index contributed by atoms with van der Waals surface area (Å²) in [5.41, 5.74) is 1.21. The van der Waals surface area contributed by atoms with Gasteiger partial charge in [-0.05, 0) is 19.1 Å². The zero-order valence-corrected chi connectivity index (χ0v) is 18.4. The number of carbonyl (C=O) groups is 1. The van der Waals surface area contributed by atoms with Crippen molar-refractivity contribution in [1.82, 2.24) is 9.62 Å². The molecule has 9 heteroatoms. The zero-order valence-electron chi connectivity index (χ0n) is 17.6. The molecule has 0 unspecified atom stereocenters. The summed E-state index contributed by atoms with van der Waals surface area (Å²) in [5, 5.41) is 0. The van der Waals surface area contributed by atoms with E-state index in [2.05, 4.69) is 31.4 Å². The molecular formula is C21H29N3O5S. The van der Waals surface area contributed by atoms with Gasteiger partial charge in [-0.15, -0.1) is 0 Å². The van der Waals surface area contributed by atoms with Gasteiger partial charge in [-0.2, -0.15) is 0 Å². The van der Waals surface area contributed by atoms with Gasteiger partial charge in [0.25, 0.3) is 0 Å². The third kappa shape index (κ3) is 5.03. The monoisotopic (exact) mass is 435 g/mol. The predicted molar refractivity (Wildman–Crippen MR) is 114 cm³/mol. The predicted octanol–water partition coefficient (Wildman–Crippen LogP) is 2.12. The van der Waals surface area contributed by atoms with Gasteiger partial charge in [0.05, 0.1) is 7.11 Å². The Labute approximate surface area is 177 Å². The first kappa shape index (κ1) is 22.3. The van der Waals surface area contributed by atoms with E-state index < -0.39 is 16.0 Å². The second-order valence-electron chi connectivity index (χ2n) is 7.30. The largest absolute Gasteiger partial charge is 0.463 e. The van der Waals surface area contributed by atoms with Gasteiger partial charge in [-0.3, -0.25) is 4.90 Å². The quantitative estimate of drug-likeness (QED) is 0.635. The molecule has 1 aromatic carbocycles. The Morgan fingerprint density at radius 2 is 1.87 bits per heavy atom. The summed E-state index contributed by atoms with van der Waals surface area (Å²) in [7, 11) is -2.58. The van der Waals surface area contributed by atoms with E-state index in [0.717, 1.165) is 26.2 Å². The van der Waals surface area contributed by atoms with Crippen LogP contribution in [0.3, 0.4) is 0 Å². The summed E-state index contributed by atoms with van der Waals surface area (Å²) in [5.74, 6) is -0.567. The maximum atomic E-state index is 12.8. The van der Waals surface area contributed by atoms with E-state index in [9.17, 15) is 13.2 Å². The van der Waals surface area contributed by atoms with Crippen LogP contribution in [0.15, 0.2) is 45.7 Å². The molecule has 0 bridgehead atoms. The fourth-order valence-corrected chi connectivity index (χ4v) is 4.95. The van der Waals surface area contributed by atoms with Crippen molar-refractivity contribution < 1.29 is 22.4 Å². The second-order valence-corrected chi connectivity index (χ2v) is 9.04. The first-order valence-electron chi connectivity index (χ1n) is 10.1. The van der Waals surface area contributed by atoms with Crippen LogP contribution in [0.5, 0.6) is 0 Å². The van der Waals surface area contributed by atoms with Crippen molar-refractivity contribution in [3.05, 3.63) is 47.9 Å². The molecule has 1 aromatic heterocycles. The molecule has 3 rings (SSSR count). The Hall–Kier alpha value is -2.36. The lowest BCUT2D eigenvalue weighted by Crippen LogP contribution is -2.52. The van der Waals surface area contributed by atoms with Crippen LogP contribution in [0.2, 0.25) is 0 Å². The highest BCUT2D eigenvalue weighted by Crippen LogP contribution is 2.22. The molecule has 0 aliphatic carbocycles. The van der Waals surface area contributed by atoms with Crippen LogP contribution in [0.4, 0.5) is 5.69 Å². The Bertz CT molecular complexity index is 950. The van der Waals surface area contributed by atoms with Crippen LogP contribution in [0.25, 0.3) is 0 Å². The number of hydrogen-bond donors (Lipinski definition) is 1. The Morgan fingerprint density at radius 1 is 1.20 bits per heavy atom. The van der Waals surface area contributed by atoms with Crippen molar-refractivity contribution in [3.8, 4) is 0 Å². The van der Waals surface area contributed by atoms with Gasteiger partial charge in [-0.25, -0.2) is 17.9 Å². The molecular weight excluding hydrogens is 406 g/mol. The first-order valence-corrected chi connectivity index (χ1v) is 11.6. The Balaban J connectivity index is 1.58. The van der Waals surface area contributed by atoms with Gasteiger partial charge in [0.2, 0.25) is 15.8 Å². The number of methoxy groups -OCH3 is 1. The molecule has 2 aromatic rings. The molecule has 8 nitrogen and oxygen atoms in total. The molecule has 1 saturated heterocycles. The lowest BCUT2D eigenvalue weighted by Gasteiger charge is -2.39. The molecule has 0 radical (unpaired) electrons. The van der Waals surface area contributed by atoms with Crippen LogP contribution >= 0.6 is 0 Å². The standard InChI is InChI=1S/C21H29N3O5S/c1-4-18-20(14-19(29-18)21(25)28-3)30(26,27)22-15-16(2)23-10-12-24(13-11-23)17-8-6-5-7-9-17/h5-9,14,16,22H,4,10-13,15H2,1-3H3/t16-/m1/s1. The van der Waals surface area contributed by atoms with Gasteiger partial charge in [0.15, 0.2) is 0 Å². The van der Waals surface area contributed by atoms with Gasteiger partial charge < -0.3 is 14.1 Å². The lowest BCUT2D eigenvalue weighted by molar-refractivity contribution is 0.0563. The van der Waals surface area contributed by atoms with Gasteiger partial charge in [0, 0.05) is 56.9 Å². The number of esters is 1. The number of nitrogens with one attached hydrogen (secondary N) is 1. The number of hydrogen-bond acceptors (Lipinski definition) is 7. The number of piperazine rings is 1. The summed E-state index contributed by atoms with van der Waals surface area (Å²) in [6.07, 6.45) is 0.351. The molecule has 1 fully saturated rings.